The van der Waals surface area contributed by atoms with Crippen LogP contribution < -0.4 is 5.32 Å². The lowest BCUT2D eigenvalue weighted by Gasteiger charge is -2.13. The van der Waals surface area contributed by atoms with Gasteiger partial charge in [0.05, 0.1) is 5.56 Å². The largest absolute Gasteiger partial charge is 0.507 e. The molecule has 3 nitrogen and oxygen atoms in total. The number of hydrogen-bond donors (Lipinski definition) is 2. The minimum Gasteiger partial charge on any atom is -0.507 e. The molecule has 1 aromatic rings. The zero-order valence-electron chi connectivity index (χ0n) is 9.36. The summed E-state index contributed by atoms with van der Waals surface area (Å²) in [7, 11) is 0. The molecule has 0 spiro atoms. The number of hydrogen-bond acceptors (Lipinski definition) is 2. The van der Waals surface area contributed by atoms with Crippen molar-refractivity contribution < 1.29 is 9.90 Å². The van der Waals surface area contributed by atoms with Crippen LogP contribution in [0, 0.1) is 0 Å². The summed E-state index contributed by atoms with van der Waals surface area (Å²) in [5.74, 6) is -0.472. The Morgan fingerprint density at radius 2 is 2.28 bits per heavy atom. The molecule has 0 saturated heterocycles. The maximum Gasteiger partial charge on any atom is 0.259 e. The van der Waals surface area contributed by atoms with Crippen molar-refractivity contribution in [2.45, 2.75) is 11.2 Å². The van der Waals surface area contributed by atoms with Gasteiger partial charge in [0.25, 0.3) is 5.91 Å². The molecule has 1 atom stereocenters. The third-order valence-electron chi connectivity index (χ3n) is 2.48. The highest BCUT2D eigenvalue weighted by Gasteiger charge is 2.14. The molecular weight excluding hydrogens is 318 g/mol. The van der Waals surface area contributed by atoms with E-state index >= 15 is 0 Å². The van der Waals surface area contributed by atoms with Crippen LogP contribution in [0.5, 0.6) is 5.75 Å². The highest BCUT2D eigenvalue weighted by Crippen LogP contribution is 2.22. The van der Waals surface area contributed by atoms with Gasteiger partial charge in [0.2, 0.25) is 0 Å². The Labute approximate surface area is 118 Å². The summed E-state index contributed by atoms with van der Waals surface area (Å²) in [6.07, 6.45) is 6.59. The Bertz CT molecular complexity index is 540. The first-order valence-electron chi connectivity index (χ1n) is 5.38. The van der Waals surface area contributed by atoms with E-state index < -0.39 is 0 Å². The molecule has 0 aliphatic heterocycles. The number of nitrogens with one attached hydrogen (secondary N) is 1. The molecule has 1 aromatic carbocycles. The average Bonchev–Trinajstić information content (AvgIpc) is 2.32. The van der Waals surface area contributed by atoms with Crippen molar-refractivity contribution in [1.82, 2.24) is 5.32 Å². The van der Waals surface area contributed by atoms with E-state index in [9.17, 15) is 9.90 Å². The van der Waals surface area contributed by atoms with Crippen molar-refractivity contribution in [3.8, 4) is 5.75 Å². The van der Waals surface area contributed by atoms with Gasteiger partial charge in [0, 0.05) is 15.5 Å². The van der Waals surface area contributed by atoms with Gasteiger partial charge in [-0.25, -0.2) is 0 Å². The molecule has 0 heterocycles. The van der Waals surface area contributed by atoms with Gasteiger partial charge in [-0.1, -0.05) is 33.6 Å². The Hall–Kier alpha value is -1.26. The van der Waals surface area contributed by atoms with Crippen LogP contribution in [0.25, 0.3) is 0 Å². The Balaban J connectivity index is 2.17. The monoisotopic (exact) mass is 327 g/mol. The summed E-state index contributed by atoms with van der Waals surface area (Å²) in [6.45, 7) is 0. The summed E-state index contributed by atoms with van der Waals surface area (Å²) in [5.41, 5.74) is 0.862. The van der Waals surface area contributed by atoms with Crippen molar-refractivity contribution in [2.24, 2.45) is 0 Å². The van der Waals surface area contributed by atoms with Gasteiger partial charge in [-0.15, -0.1) is 0 Å². The van der Waals surface area contributed by atoms with Crippen LogP contribution in [0.4, 0.5) is 0 Å². The molecule has 2 rings (SSSR count). The molecule has 0 saturated carbocycles. The maximum absolute atomic E-state index is 12.0. The molecule has 0 bridgehead atoms. The molecule has 2 N–H and O–H groups in total. The number of alkyl halides is 1. The van der Waals surface area contributed by atoms with Gasteiger partial charge in [0.15, 0.2) is 0 Å². The smallest absolute Gasteiger partial charge is 0.259 e. The molecule has 1 aliphatic rings. The predicted molar refractivity (Wildman–Crippen MR) is 75.1 cm³/mol. The first-order chi connectivity index (χ1) is 8.56. The second-order valence-corrected chi connectivity index (χ2v) is 5.50. The highest BCUT2D eigenvalue weighted by atomic mass is 79.9. The standard InChI is InChI=1S/C13H11BrClNO2/c14-8-2-1-3-10(6-8)16-13(18)11-7-9(15)4-5-12(11)17/h1,3-8,17H,2H2,(H,16,18). The number of allylic oxidation sites excluding steroid dienone is 3. The van der Waals surface area contributed by atoms with Gasteiger partial charge in [0.1, 0.15) is 5.75 Å². The lowest BCUT2D eigenvalue weighted by atomic mass is 10.1. The third-order valence-corrected chi connectivity index (χ3v) is 3.35. The van der Waals surface area contributed by atoms with Crippen LogP contribution in [-0.2, 0) is 0 Å². The normalized spacial score (nSPS) is 18.3. The molecule has 1 unspecified atom stereocenters. The Kier molecular flexibility index (Phi) is 4.09. The number of phenolic OH excluding ortho intramolecular Hbond substituents is 1. The van der Waals surface area contributed by atoms with Gasteiger partial charge in [-0.2, -0.15) is 0 Å². The first-order valence-corrected chi connectivity index (χ1v) is 6.68. The van der Waals surface area contributed by atoms with Crippen molar-refractivity contribution in [3.05, 3.63) is 52.7 Å². The fourth-order valence-electron chi connectivity index (χ4n) is 1.62. The third kappa shape index (κ3) is 3.15. The van der Waals surface area contributed by atoms with Crippen molar-refractivity contribution in [3.63, 3.8) is 0 Å². The SMILES string of the molecule is O=C(NC1=CC(Br)CC=C1)c1cc(Cl)ccc1O. The van der Waals surface area contributed by atoms with Gasteiger partial charge < -0.3 is 10.4 Å². The summed E-state index contributed by atoms with van der Waals surface area (Å²) in [4.78, 5) is 12.2. The van der Waals surface area contributed by atoms with E-state index in [1.165, 1.54) is 18.2 Å². The summed E-state index contributed by atoms with van der Waals surface area (Å²) >= 11 is 9.25. The molecule has 5 heteroatoms. The van der Waals surface area contributed by atoms with E-state index in [1.807, 2.05) is 18.2 Å². The number of carbonyl (C=O) groups excluding carboxylic acids is 1. The zero-order valence-corrected chi connectivity index (χ0v) is 11.7. The number of amides is 1. The van der Waals surface area contributed by atoms with E-state index in [0.29, 0.717) is 10.7 Å². The van der Waals surface area contributed by atoms with E-state index in [2.05, 4.69) is 21.2 Å². The Morgan fingerprint density at radius 3 is 3.00 bits per heavy atom. The minimum atomic E-state index is -0.382. The molecule has 1 amide bonds. The number of aromatic hydroxyl groups is 1. The lowest BCUT2D eigenvalue weighted by Crippen LogP contribution is -2.23. The maximum atomic E-state index is 12.0. The van der Waals surface area contributed by atoms with Crippen LogP contribution in [0.1, 0.15) is 16.8 Å². The predicted octanol–water partition coefficient (Wildman–Crippen LogP) is 3.38. The van der Waals surface area contributed by atoms with E-state index in [0.717, 1.165) is 6.42 Å². The van der Waals surface area contributed by atoms with Gasteiger partial charge >= 0.3 is 0 Å². The van der Waals surface area contributed by atoms with Crippen LogP contribution >= 0.6 is 27.5 Å². The zero-order chi connectivity index (χ0) is 13.1. The summed E-state index contributed by atoms with van der Waals surface area (Å²) in [5, 5.41) is 12.7. The van der Waals surface area contributed by atoms with Crippen LogP contribution in [0.15, 0.2) is 42.1 Å². The van der Waals surface area contributed by atoms with E-state index in [4.69, 9.17) is 11.6 Å². The summed E-state index contributed by atoms with van der Waals surface area (Å²) < 4.78 is 0. The van der Waals surface area contributed by atoms with Gasteiger partial charge in [-0.05, 0) is 36.8 Å². The lowest BCUT2D eigenvalue weighted by molar-refractivity contribution is 0.0964. The molecule has 1 aliphatic carbocycles. The van der Waals surface area contributed by atoms with Gasteiger partial charge in [-0.3, -0.25) is 4.79 Å². The highest BCUT2D eigenvalue weighted by molar-refractivity contribution is 9.09. The van der Waals surface area contributed by atoms with Crippen molar-refractivity contribution in [1.29, 1.82) is 0 Å². The molecule has 18 heavy (non-hydrogen) atoms. The fourth-order valence-corrected chi connectivity index (χ4v) is 2.29. The summed E-state index contributed by atoms with van der Waals surface area (Å²) in [6, 6.07) is 4.36. The average molecular weight is 329 g/mol. The Morgan fingerprint density at radius 1 is 1.50 bits per heavy atom. The topological polar surface area (TPSA) is 49.3 Å². The van der Waals surface area contributed by atoms with Crippen LogP contribution in [0.3, 0.4) is 0 Å². The second-order valence-electron chi connectivity index (χ2n) is 3.89. The number of rotatable bonds is 2. The first kappa shape index (κ1) is 13.2. The molecular formula is C13H11BrClNO2. The number of carbonyl (C=O) groups is 1. The van der Waals surface area contributed by atoms with E-state index in [-0.39, 0.29) is 22.0 Å². The number of benzene rings is 1. The molecule has 0 radical (unpaired) electrons. The molecule has 0 aromatic heterocycles. The van der Waals surface area contributed by atoms with Crippen LogP contribution in [0.2, 0.25) is 5.02 Å². The fraction of sp³-hybridized carbons (Fsp3) is 0.154. The quantitative estimate of drug-likeness (QED) is 0.818. The van der Waals surface area contributed by atoms with Crippen molar-refractivity contribution >= 4 is 33.4 Å². The van der Waals surface area contributed by atoms with Crippen LogP contribution in [-0.4, -0.2) is 15.8 Å². The number of halogens is 2. The van der Waals surface area contributed by atoms with E-state index in [1.54, 1.807) is 0 Å². The molecule has 94 valence electrons. The number of phenols is 1. The minimum absolute atomic E-state index is 0.0901. The van der Waals surface area contributed by atoms with Crippen molar-refractivity contribution in [2.75, 3.05) is 0 Å². The second kappa shape index (κ2) is 5.59. The molecule has 0 fully saturated rings.